The summed E-state index contributed by atoms with van der Waals surface area (Å²) in [5.74, 6) is 1.54. The molecule has 2 aromatic rings. The van der Waals surface area contributed by atoms with Crippen molar-refractivity contribution in [2.45, 2.75) is 46.8 Å². The highest BCUT2D eigenvalue weighted by atomic mass is 15.3. The van der Waals surface area contributed by atoms with Crippen molar-refractivity contribution in [3.05, 3.63) is 35.0 Å². The normalized spacial score (nSPS) is 12.4. The largest absolute Gasteiger partial charge is 0.366 e. The van der Waals surface area contributed by atoms with Crippen LogP contribution in [-0.2, 0) is 13.1 Å². The van der Waals surface area contributed by atoms with Crippen molar-refractivity contribution in [1.82, 2.24) is 19.7 Å². The zero-order chi connectivity index (χ0) is 14.7. The van der Waals surface area contributed by atoms with Gasteiger partial charge in [0.25, 0.3) is 0 Å². The molecule has 3 N–H and O–H groups in total. The predicted molar refractivity (Wildman–Crippen MR) is 79.4 cm³/mol. The molecule has 0 radical (unpaired) electrons. The molecular formula is C14H22N6. The zero-order valence-corrected chi connectivity index (χ0v) is 12.5. The molecule has 0 aliphatic rings. The van der Waals surface area contributed by atoms with Gasteiger partial charge >= 0.3 is 0 Å². The van der Waals surface area contributed by atoms with E-state index in [-0.39, 0.29) is 6.04 Å². The van der Waals surface area contributed by atoms with Crippen LogP contribution in [-0.4, -0.2) is 25.8 Å². The third kappa shape index (κ3) is 3.54. The zero-order valence-electron chi connectivity index (χ0n) is 12.5. The van der Waals surface area contributed by atoms with E-state index in [0.29, 0.717) is 6.54 Å². The van der Waals surface area contributed by atoms with Gasteiger partial charge in [0.05, 0.1) is 17.9 Å². The van der Waals surface area contributed by atoms with Crippen LogP contribution in [0.3, 0.4) is 0 Å². The van der Waals surface area contributed by atoms with Crippen LogP contribution < -0.4 is 11.1 Å². The van der Waals surface area contributed by atoms with Crippen LogP contribution in [0.5, 0.6) is 0 Å². The molecule has 0 amide bonds. The molecule has 0 aliphatic heterocycles. The number of aromatic nitrogens is 4. The van der Waals surface area contributed by atoms with Gasteiger partial charge in [-0.05, 0) is 33.8 Å². The van der Waals surface area contributed by atoms with Crippen molar-refractivity contribution in [3.63, 3.8) is 0 Å². The van der Waals surface area contributed by atoms with Crippen LogP contribution in [0.1, 0.15) is 29.8 Å². The number of aryl methyl sites for hydroxylation is 3. The predicted octanol–water partition coefficient (Wildman–Crippen LogP) is 1.56. The van der Waals surface area contributed by atoms with Crippen molar-refractivity contribution in [2.75, 3.05) is 5.32 Å². The number of rotatable bonds is 5. The molecule has 6 nitrogen and oxygen atoms in total. The Balaban J connectivity index is 2.06. The van der Waals surface area contributed by atoms with E-state index < -0.39 is 0 Å². The smallest absolute Gasteiger partial charge is 0.130 e. The molecule has 20 heavy (non-hydrogen) atoms. The molecule has 0 spiro atoms. The van der Waals surface area contributed by atoms with E-state index in [1.807, 2.05) is 24.6 Å². The molecule has 1 unspecified atom stereocenters. The van der Waals surface area contributed by atoms with Gasteiger partial charge in [0.1, 0.15) is 11.6 Å². The van der Waals surface area contributed by atoms with Crippen LogP contribution in [0, 0.1) is 20.8 Å². The summed E-state index contributed by atoms with van der Waals surface area (Å²) in [6.45, 7) is 9.26. The van der Waals surface area contributed by atoms with Gasteiger partial charge < -0.3 is 11.1 Å². The van der Waals surface area contributed by atoms with Crippen molar-refractivity contribution in [2.24, 2.45) is 5.73 Å². The maximum Gasteiger partial charge on any atom is 0.130 e. The summed E-state index contributed by atoms with van der Waals surface area (Å²) in [6, 6.07) is 4.19. The quantitative estimate of drug-likeness (QED) is 0.864. The second-order valence-corrected chi connectivity index (χ2v) is 5.15. The van der Waals surface area contributed by atoms with E-state index >= 15 is 0 Å². The van der Waals surface area contributed by atoms with Gasteiger partial charge in [-0.25, -0.2) is 9.97 Å². The minimum atomic E-state index is 0.216. The first-order valence-corrected chi connectivity index (χ1v) is 6.80. The highest BCUT2D eigenvalue weighted by Crippen LogP contribution is 2.10. The monoisotopic (exact) mass is 274 g/mol. The summed E-state index contributed by atoms with van der Waals surface area (Å²) in [5, 5.41) is 7.84. The van der Waals surface area contributed by atoms with Gasteiger partial charge in [-0.2, -0.15) is 5.10 Å². The summed E-state index contributed by atoms with van der Waals surface area (Å²) in [6.07, 6.45) is 0. The molecule has 2 heterocycles. The first-order chi connectivity index (χ1) is 9.47. The highest BCUT2D eigenvalue weighted by molar-refractivity contribution is 5.37. The van der Waals surface area contributed by atoms with E-state index in [2.05, 4.69) is 40.3 Å². The Bertz CT molecular complexity index is 589. The summed E-state index contributed by atoms with van der Waals surface area (Å²) in [7, 11) is 0. The topological polar surface area (TPSA) is 81.7 Å². The number of nitrogens with two attached hydrogens (primary N) is 1. The fourth-order valence-electron chi connectivity index (χ4n) is 2.23. The summed E-state index contributed by atoms with van der Waals surface area (Å²) >= 11 is 0. The molecule has 2 aromatic heterocycles. The Hall–Kier alpha value is -1.95. The molecular weight excluding hydrogens is 252 g/mol. The average molecular weight is 274 g/mol. The van der Waals surface area contributed by atoms with Crippen molar-refractivity contribution in [3.8, 4) is 0 Å². The number of nitrogens with one attached hydrogen (secondary N) is 1. The van der Waals surface area contributed by atoms with Crippen LogP contribution in [0.25, 0.3) is 0 Å². The fraction of sp³-hybridized carbons (Fsp3) is 0.500. The summed E-state index contributed by atoms with van der Waals surface area (Å²) < 4.78 is 2.00. The second-order valence-electron chi connectivity index (χ2n) is 5.15. The van der Waals surface area contributed by atoms with E-state index in [1.165, 1.54) is 0 Å². The Labute approximate surface area is 119 Å². The summed E-state index contributed by atoms with van der Waals surface area (Å²) in [4.78, 5) is 8.65. The molecule has 2 rings (SSSR count). The second kappa shape index (κ2) is 6.00. The molecule has 108 valence electrons. The Morgan fingerprint density at radius 1 is 1.25 bits per heavy atom. The highest BCUT2D eigenvalue weighted by Gasteiger charge is 2.09. The van der Waals surface area contributed by atoms with Gasteiger partial charge in [0, 0.05) is 24.3 Å². The van der Waals surface area contributed by atoms with Gasteiger partial charge in [0.2, 0.25) is 0 Å². The van der Waals surface area contributed by atoms with E-state index in [4.69, 9.17) is 5.73 Å². The number of hydrogen-bond acceptors (Lipinski definition) is 5. The van der Waals surface area contributed by atoms with Crippen molar-refractivity contribution in [1.29, 1.82) is 0 Å². The fourth-order valence-corrected chi connectivity index (χ4v) is 2.23. The molecule has 0 saturated carbocycles. The first kappa shape index (κ1) is 14.5. The van der Waals surface area contributed by atoms with Gasteiger partial charge in [-0.1, -0.05) is 0 Å². The molecule has 1 atom stereocenters. The molecule has 0 fully saturated rings. The van der Waals surface area contributed by atoms with Gasteiger partial charge in [0.15, 0.2) is 0 Å². The number of hydrogen-bond donors (Lipinski definition) is 2. The van der Waals surface area contributed by atoms with E-state index in [1.54, 1.807) is 0 Å². The van der Waals surface area contributed by atoms with Crippen molar-refractivity contribution < 1.29 is 0 Å². The first-order valence-electron chi connectivity index (χ1n) is 6.80. The molecule has 0 aliphatic carbocycles. The van der Waals surface area contributed by atoms with Crippen molar-refractivity contribution >= 4 is 5.82 Å². The molecule has 6 heteroatoms. The molecule has 0 saturated heterocycles. The average Bonchev–Trinajstić information content (AvgIpc) is 2.66. The maximum atomic E-state index is 5.63. The lowest BCUT2D eigenvalue weighted by molar-refractivity contribution is 0.544. The minimum Gasteiger partial charge on any atom is -0.366 e. The number of anilines is 1. The van der Waals surface area contributed by atoms with Crippen LogP contribution >= 0.6 is 0 Å². The summed E-state index contributed by atoms with van der Waals surface area (Å²) in [5.41, 5.74) is 8.68. The SMILES string of the molecule is Cc1cc(C)n(CC(C)Nc2cc(CN)nc(C)n2)n1. The minimum absolute atomic E-state index is 0.216. The lowest BCUT2D eigenvalue weighted by Gasteiger charge is -2.16. The standard InChI is InChI=1S/C14H22N6/c1-9-5-11(3)20(19-9)8-10(2)16-14-6-13(7-15)17-12(4)18-14/h5-6,10H,7-8,15H2,1-4H3,(H,16,17,18). The Kier molecular flexibility index (Phi) is 4.34. The lowest BCUT2D eigenvalue weighted by Crippen LogP contribution is -2.24. The molecule has 0 bridgehead atoms. The third-order valence-corrected chi connectivity index (χ3v) is 3.04. The van der Waals surface area contributed by atoms with Crippen LogP contribution in [0.2, 0.25) is 0 Å². The van der Waals surface area contributed by atoms with Crippen LogP contribution in [0.4, 0.5) is 5.82 Å². The maximum absolute atomic E-state index is 5.63. The Morgan fingerprint density at radius 3 is 2.60 bits per heavy atom. The molecule has 0 aromatic carbocycles. The lowest BCUT2D eigenvalue weighted by atomic mass is 10.3. The van der Waals surface area contributed by atoms with Gasteiger partial charge in [-0.3, -0.25) is 4.68 Å². The van der Waals surface area contributed by atoms with Crippen LogP contribution in [0.15, 0.2) is 12.1 Å². The van der Waals surface area contributed by atoms with E-state index in [0.717, 1.165) is 35.3 Å². The Morgan fingerprint density at radius 2 is 2.00 bits per heavy atom. The third-order valence-electron chi connectivity index (χ3n) is 3.04. The number of nitrogens with zero attached hydrogens (tertiary/aromatic N) is 4. The van der Waals surface area contributed by atoms with Gasteiger partial charge in [-0.15, -0.1) is 0 Å². The van der Waals surface area contributed by atoms with E-state index in [9.17, 15) is 0 Å².